The van der Waals surface area contributed by atoms with Gasteiger partial charge in [-0.15, -0.1) is 0 Å². The monoisotopic (exact) mass is 483 g/mol. The van der Waals surface area contributed by atoms with Crippen LogP contribution >= 0.6 is 15.9 Å². The number of likely N-dealkylation sites (tertiary alicyclic amines) is 1. The number of amides is 3. The average Bonchev–Trinajstić information content (AvgIpc) is 3.22. The van der Waals surface area contributed by atoms with Crippen LogP contribution in [0.15, 0.2) is 22.7 Å². The van der Waals surface area contributed by atoms with Gasteiger partial charge in [0.2, 0.25) is 11.8 Å². The zero-order valence-electron chi connectivity index (χ0n) is 17.3. The zero-order chi connectivity index (χ0) is 22.2. The van der Waals surface area contributed by atoms with Gasteiger partial charge in [-0.25, -0.2) is 9.18 Å². The van der Waals surface area contributed by atoms with Gasteiger partial charge >= 0.3 is 6.09 Å². The maximum Gasteiger partial charge on any atom is 0.411 e. The molecule has 4 atom stereocenters. The largest absolute Gasteiger partial charge is 0.444 e. The molecule has 1 aliphatic carbocycles. The lowest BCUT2D eigenvalue weighted by Gasteiger charge is -2.36. The van der Waals surface area contributed by atoms with Crippen molar-refractivity contribution in [3.05, 3.63) is 34.1 Å². The molecule has 7 nitrogen and oxygen atoms in total. The van der Waals surface area contributed by atoms with Crippen LogP contribution in [0.25, 0.3) is 0 Å². The summed E-state index contributed by atoms with van der Waals surface area (Å²) in [6, 6.07) is 2.60. The number of nitrogens with zero attached hydrogens (tertiary/aromatic N) is 1. The van der Waals surface area contributed by atoms with Crippen LogP contribution in [-0.4, -0.2) is 46.5 Å². The van der Waals surface area contributed by atoms with Crippen molar-refractivity contribution in [1.82, 2.24) is 10.2 Å². The van der Waals surface area contributed by atoms with E-state index in [0.717, 1.165) is 19.3 Å². The second-order valence-corrected chi connectivity index (χ2v) is 9.88. The Morgan fingerprint density at radius 3 is 2.63 bits per heavy atom. The molecule has 9 heteroatoms. The Kier molecular flexibility index (Phi) is 6.40. The molecule has 30 heavy (non-hydrogen) atoms. The summed E-state index contributed by atoms with van der Waals surface area (Å²) < 4.78 is 20.3. The second-order valence-electron chi connectivity index (χ2n) is 8.96. The molecule has 2 aliphatic rings. The molecular formula is C21H27BrFN3O4. The van der Waals surface area contributed by atoms with Crippen LogP contribution in [0.2, 0.25) is 0 Å². The molecule has 2 fully saturated rings. The Morgan fingerprint density at radius 2 is 2.03 bits per heavy atom. The normalized spacial score (nSPS) is 23.9. The van der Waals surface area contributed by atoms with E-state index >= 15 is 0 Å². The molecule has 3 rings (SSSR count). The minimum atomic E-state index is -1.09. The number of ether oxygens (including phenoxy) is 1. The Morgan fingerprint density at radius 1 is 1.33 bits per heavy atom. The van der Waals surface area contributed by atoms with Crippen LogP contribution in [0.1, 0.15) is 45.6 Å². The summed E-state index contributed by atoms with van der Waals surface area (Å²) in [5, 5.41) is 2.64. The SMILES string of the molecule is CC(C)(C)OC(=O)N1C2CCC(C2)C1C(=O)NC(Cc1ccc(Br)cc1F)C(N)=O. The summed E-state index contributed by atoms with van der Waals surface area (Å²) in [4.78, 5) is 39.3. The number of benzene rings is 1. The number of nitrogens with one attached hydrogen (secondary N) is 1. The Balaban J connectivity index is 1.75. The molecule has 4 unspecified atom stereocenters. The van der Waals surface area contributed by atoms with Crippen molar-refractivity contribution in [3.8, 4) is 0 Å². The first-order valence-corrected chi connectivity index (χ1v) is 10.8. The first kappa shape index (κ1) is 22.5. The predicted octanol–water partition coefficient (Wildman–Crippen LogP) is 2.89. The zero-order valence-corrected chi connectivity index (χ0v) is 18.9. The molecule has 1 aromatic rings. The third kappa shape index (κ3) is 4.94. The highest BCUT2D eigenvalue weighted by Gasteiger charge is 2.52. The molecule has 1 aliphatic heterocycles. The van der Waals surface area contributed by atoms with E-state index in [2.05, 4.69) is 21.2 Å². The van der Waals surface area contributed by atoms with Gasteiger partial charge in [0.25, 0.3) is 0 Å². The molecule has 0 radical (unpaired) electrons. The van der Waals surface area contributed by atoms with Gasteiger partial charge in [-0.1, -0.05) is 22.0 Å². The third-order valence-corrected chi connectivity index (χ3v) is 6.05. The summed E-state index contributed by atoms with van der Waals surface area (Å²) in [5.41, 5.74) is 5.05. The van der Waals surface area contributed by atoms with Crippen molar-refractivity contribution in [2.45, 2.75) is 70.2 Å². The number of hydrogen-bond acceptors (Lipinski definition) is 4. The number of nitrogens with two attached hydrogens (primary N) is 1. The van der Waals surface area contributed by atoms with E-state index in [-0.39, 0.29) is 23.9 Å². The maximum atomic E-state index is 14.2. The molecule has 1 aromatic carbocycles. The van der Waals surface area contributed by atoms with Crippen molar-refractivity contribution < 1.29 is 23.5 Å². The van der Waals surface area contributed by atoms with Crippen LogP contribution in [0.4, 0.5) is 9.18 Å². The minimum Gasteiger partial charge on any atom is -0.444 e. The highest BCUT2D eigenvalue weighted by molar-refractivity contribution is 9.10. The highest BCUT2D eigenvalue weighted by Crippen LogP contribution is 2.43. The highest BCUT2D eigenvalue weighted by atomic mass is 79.9. The van der Waals surface area contributed by atoms with E-state index < -0.39 is 41.4 Å². The van der Waals surface area contributed by atoms with Gasteiger partial charge in [0.05, 0.1) is 0 Å². The maximum absolute atomic E-state index is 14.2. The first-order chi connectivity index (χ1) is 14.0. The lowest BCUT2D eigenvalue weighted by atomic mass is 9.97. The van der Waals surface area contributed by atoms with Crippen LogP contribution in [0.3, 0.4) is 0 Å². The van der Waals surface area contributed by atoms with Gasteiger partial charge in [0.1, 0.15) is 23.5 Å². The minimum absolute atomic E-state index is 0.000427. The van der Waals surface area contributed by atoms with E-state index in [0.29, 0.717) is 4.47 Å². The van der Waals surface area contributed by atoms with Gasteiger partial charge in [0.15, 0.2) is 0 Å². The van der Waals surface area contributed by atoms with E-state index in [9.17, 15) is 18.8 Å². The Bertz CT molecular complexity index is 857. The molecule has 3 N–H and O–H groups in total. The van der Waals surface area contributed by atoms with Crippen LogP contribution in [0.5, 0.6) is 0 Å². The summed E-state index contributed by atoms with van der Waals surface area (Å²) in [6.45, 7) is 5.30. The van der Waals surface area contributed by atoms with E-state index in [1.807, 2.05) is 0 Å². The number of fused-ring (bicyclic) bond motifs is 2. The molecule has 1 heterocycles. The van der Waals surface area contributed by atoms with Crippen molar-refractivity contribution in [2.24, 2.45) is 11.7 Å². The molecule has 1 saturated carbocycles. The quantitative estimate of drug-likeness (QED) is 0.671. The first-order valence-electron chi connectivity index (χ1n) is 10.0. The average molecular weight is 484 g/mol. The predicted molar refractivity (Wildman–Crippen MR) is 112 cm³/mol. The second kappa shape index (κ2) is 8.53. The number of hydrogen-bond donors (Lipinski definition) is 2. The smallest absolute Gasteiger partial charge is 0.411 e. The van der Waals surface area contributed by atoms with Crippen molar-refractivity contribution >= 4 is 33.8 Å². The van der Waals surface area contributed by atoms with E-state index in [1.54, 1.807) is 26.8 Å². The van der Waals surface area contributed by atoms with Gasteiger partial charge in [-0.2, -0.15) is 0 Å². The molecule has 3 amide bonds. The van der Waals surface area contributed by atoms with Crippen LogP contribution in [-0.2, 0) is 20.7 Å². The summed E-state index contributed by atoms with van der Waals surface area (Å²) in [7, 11) is 0. The van der Waals surface area contributed by atoms with Crippen LogP contribution < -0.4 is 11.1 Å². The number of halogens is 2. The molecule has 2 bridgehead atoms. The topological polar surface area (TPSA) is 102 Å². The Labute approximate surface area is 183 Å². The fourth-order valence-corrected chi connectivity index (χ4v) is 4.62. The number of carbonyl (C=O) groups is 3. The summed E-state index contributed by atoms with van der Waals surface area (Å²) >= 11 is 3.19. The van der Waals surface area contributed by atoms with Crippen molar-refractivity contribution in [1.29, 1.82) is 0 Å². The molecule has 0 spiro atoms. The van der Waals surface area contributed by atoms with Crippen LogP contribution in [0, 0.1) is 11.7 Å². The summed E-state index contributed by atoms with van der Waals surface area (Å²) in [5.74, 6) is -1.73. The molecule has 0 aromatic heterocycles. The lowest BCUT2D eigenvalue weighted by Crippen LogP contribution is -2.57. The number of piperidine rings is 1. The third-order valence-electron chi connectivity index (χ3n) is 5.56. The molecule has 1 saturated heterocycles. The van der Waals surface area contributed by atoms with E-state index in [4.69, 9.17) is 10.5 Å². The van der Waals surface area contributed by atoms with Crippen molar-refractivity contribution in [2.75, 3.05) is 0 Å². The number of rotatable bonds is 5. The fraction of sp³-hybridized carbons (Fsp3) is 0.571. The standard InChI is InChI=1S/C21H27BrFN3O4/c1-21(2,3)30-20(29)26-14-7-5-12(8-14)17(26)19(28)25-16(18(24)27)9-11-4-6-13(22)10-15(11)23/h4,6,10,12,14,16-17H,5,7-9H2,1-3H3,(H2,24,27)(H,25,28). The van der Waals surface area contributed by atoms with Gasteiger partial charge < -0.3 is 15.8 Å². The van der Waals surface area contributed by atoms with Gasteiger partial charge in [-0.05, 0) is 63.6 Å². The van der Waals surface area contributed by atoms with E-state index in [1.165, 1.54) is 17.0 Å². The summed E-state index contributed by atoms with van der Waals surface area (Å²) in [6.07, 6.45) is 1.75. The molecule has 164 valence electrons. The number of primary amides is 1. The van der Waals surface area contributed by atoms with Crippen molar-refractivity contribution in [3.63, 3.8) is 0 Å². The van der Waals surface area contributed by atoms with Gasteiger partial charge in [0, 0.05) is 16.9 Å². The fourth-order valence-electron chi connectivity index (χ4n) is 4.29. The molecular weight excluding hydrogens is 457 g/mol. The Hall–Kier alpha value is -2.16. The lowest BCUT2D eigenvalue weighted by molar-refractivity contribution is -0.132. The van der Waals surface area contributed by atoms with Gasteiger partial charge in [-0.3, -0.25) is 14.5 Å². The number of carbonyl (C=O) groups excluding carboxylic acids is 3.